The lowest BCUT2D eigenvalue weighted by Crippen LogP contribution is -2.30. The summed E-state index contributed by atoms with van der Waals surface area (Å²) in [4.78, 5) is 28.4. The molecule has 116 valence electrons. The molecule has 0 aliphatic rings. The summed E-state index contributed by atoms with van der Waals surface area (Å²) in [7, 11) is 0. The van der Waals surface area contributed by atoms with Crippen LogP contribution in [0, 0.1) is 0 Å². The molecule has 0 aliphatic carbocycles. The highest BCUT2D eigenvalue weighted by Crippen LogP contribution is 2.12. The van der Waals surface area contributed by atoms with Gasteiger partial charge in [0.2, 0.25) is 0 Å². The molecule has 0 atom stereocenters. The van der Waals surface area contributed by atoms with E-state index in [-0.39, 0.29) is 24.3 Å². The van der Waals surface area contributed by atoms with E-state index in [1.54, 1.807) is 29.2 Å². The maximum atomic E-state index is 12.1. The standard InChI is InChI=1S/C13H19N5O2.ClH/c1-3-18(4-2)11(19)9-5-7-10(8-6-9)16-13(20)17-12(14)15;/h5-8H,3-4H2,1-2H3,(H5,14,15,16,17,20);1H. The zero-order chi connectivity index (χ0) is 15.1. The molecule has 3 amide bonds. The lowest BCUT2D eigenvalue weighted by Gasteiger charge is -2.18. The molecule has 8 heteroatoms. The highest BCUT2D eigenvalue weighted by Gasteiger charge is 2.12. The summed E-state index contributed by atoms with van der Waals surface area (Å²) in [6.07, 6.45) is 0. The first kappa shape index (κ1) is 18.7. The lowest BCUT2D eigenvalue weighted by atomic mass is 10.2. The Labute approximate surface area is 129 Å². The first-order chi connectivity index (χ1) is 9.47. The van der Waals surface area contributed by atoms with E-state index >= 15 is 0 Å². The van der Waals surface area contributed by atoms with Gasteiger partial charge in [-0.05, 0) is 38.1 Å². The highest BCUT2D eigenvalue weighted by atomic mass is 35.5. The van der Waals surface area contributed by atoms with Crippen molar-refractivity contribution >= 4 is 36.0 Å². The number of halogens is 1. The monoisotopic (exact) mass is 313 g/mol. The lowest BCUT2D eigenvalue weighted by molar-refractivity contribution is 0.0773. The van der Waals surface area contributed by atoms with E-state index in [0.29, 0.717) is 24.3 Å². The molecule has 0 fully saturated rings. The van der Waals surface area contributed by atoms with Gasteiger partial charge in [0.15, 0.2) is 5.96 Å². The number of rotatable bonds is 4. The largest absolute Gasteiger partial charge is 0.370 e. The van der Waals surface area contributed by atoms with Crippen molar-refractivity contribution in [3.63, 3.8) is 0 Å². The van der Waals surface area contributed by atoms with Crippen molar-refractivity contribution in [2.75, 3.05) is 18.4 Å². The predicted octanol–water partition coefficient (Wildman–Crippen LogP) is 1.40. The molecular formula is C13H20ClN5O2. The third kappa shape index (κ3) is 5.70. The smallest absolute Gasteiger partial charge is 0.348 e. The summed E-state index contributed by atoms with van der Waals surface area (Å²) in [5.74, 6) is -0.354. The molecule has 21 heavy (non-hydrogen) atoms. The molecule has 0 bridgehead atoms. The third-order valence-electron chi connectivity index (χ3n) is 2.66. The van der Waals surface area contributed by atoms with Gasteiger partial charge in [0.05, 0.1) is 0 Å². The van der Waals surface area contributed by atoms with Crippen molar-refractivity contribution in [3.05, 3.63) is 29.8 Å². The molecule has 0 unspecified atom stereocenters. The first-order valence-corrected chi connectivity index (χ1v) is 6.27. The Hall–Kier alpha value is -2.28. The number of urea groups is 1. The van der Waals surface area contributed by atoms with Crippen LogP contribution in [0.1, 0.15) is 24.2 Å². The molecule has 1 rings (SSSR count). The fourth-order valence-electron chi connectivity index (χ4n) is 1.66. The number of carbonyl (C=O) groups is 2. The molecule has 0 saturated heterocycles. The summed E-state index contributed by atoms with van der Waals surface area (Å²) >= 11 is 0. The van der Waals surface area contributed by atoms with Crippen LogP contribution in [-0.2, 0) is 0 Å². The van der Waals surface area contributed by atoms with Crippen LogP contribution in [0.3, 0.4) is 0 Å². The summed E-state index contributed by atoms with van der Waals surface area (Å²) in [6, 6.07) is 5.87. The second kappa shape index (κ2) is 8.80. The van der Waals surface area contributed by atoms with Crippen molar-refractivity contribution in [1.82, 2.24) is 4.90 Å². The molecule has 1 aromatic carbocycles. The van der Waals surface area contributed by atoms with Crippen LogP contribution < -0.4 is 16.8 Å². The maximum Gasteiger partial charge on any atom is 0.348 e. The number of benzene rings is 1. The highest BCUT2D eigenvalue weighted by molar-refractivity contribution is 5.99. The minimum Gasteiger partial charge on any atom is -0.370 e. The number of hydrogen-bond acceptors (Lipinski definition) is 2. The number of amides is 3. The summed E-state index contributed by atoms with van der Waals surface area (Å²) < 4.78 is 0. The third-order valence-corrected chi connectivity index (χ3v) is 2.66. The Balaban J connectivity index is 0.00000400. The molecule has 0 spiro atoms. The molecule has 0 saturated carbocycles. The van der Waals surface area contributed by atoms with E-state index in [9.17, 15) is 9.59 Å². The van der Waals surface area contributed by atoms with Crippen molar-refractivity contribution in [1.29, 1.82) is 0 Å². The Morgan fingerprint density at radius 2 is 1.67 bits per heavy atom. The van der Waals surface area contributed by atoms with Crippen molar-refractivity contribution in [3.8, 4) is 0 Å². The molecule has 0 aromatic heterocycles. The number of nitrogens with zero attached hydrogens (tertiary/aromatic N) is 2. The van der Waals surface area contributed by atoms with Crippen LogP contribution in [0.2, 0.25) is 0 Å². The average Bonchev–Trinajstić information content (AvgIpc) is 2.39. The Bertz CT molecular complexity index is 508. The van der Waals surface area contributed by atoms with Crippen LogP contribution in [0.15, 0.2) is 29.3 Å². The normalized spacial score (nSPS) is 9.24. The van der Waals surface area contributed by atoms with E-state index < -0.39 is 6.03 Å². The molecular weight excluding hydrogens is 294 g/mol. The van der Waals surface area contributed by atoms with Gasteiger partial charge in [-0.3, -0.25) is 4.79 Å². The SMILES string of the molecule is CCN(CC)C(=O)c1ccc(NC(=O)N=C(N)N)cc1.Cl. The second-order valence-electron chi connectivity index (χ2n) is 4.02. The van der Waals surface area contributed by atoms with E-state index in [0.717, 1.165) is 0 Å². The molecule has 5 N–H and O–H groups in total. The zero-order valence-electron chi connectivity index (χ0n) is 12.0. The van der Waals surface area contributed by atoms with Crippen molar-refractivity contribution in [2.24, 2.45) is 16.5 Å². The molecule has 0 aliphatic heterocycles. The predicted molar refractivity (Wildman–Crippen MR) is 85.8 cm³/mol. The zero-order valence-corrected chi connectivity index (χ0v) is 12.8. The molecule has 0 radical (unpaired) electrons. The van der Waals surface area contributed by atoms with Crippen molar-refractivity contribution < 1.29 is 9.59 Å². The summed E-state index contributed by atoms with van der Waals surface area (Å²) in [5, 5.41) is 2.49. The number of anilines is 1. The van der Waals surface area contributed by atoms with Gasteiger partial charge >= 0.3 is 6.03 Å². The average molecular weight is 314 g/mol. The quantitative estimate of drug-likeness (QED) is 0.575. The fourth-order valence-corrected chi connectivity index (χ4v) is 1.66. The topological polar surface area (TPSA) is 114 Å². The Kier molecular flexibility index (Phi) is 7.85. The van der Waals surface area contributed by atoms with Gasteiger partial charge < -0.3 is 21.7 Å². The van der Waals surface area contributed by atoms with Gasteiger partial charge in [0, 0.05) is 24.3 Å². The minimum absolute atomic E-state index is 0. The van der Waals surface area contributed by atoms with Crippen LogP contribution in [0.5, 0.6) is 0 Å². The van der Waals surface area contributed by atoms with Crippen LogP contribution in [-0.4, -0.2) is 35.9 Å². The first-order valence-electron chi connectivity index (χ1n) is 6.27. The number of nitrogens with one attached hydrogen (secondary N) is 1. The van der Waals surface area contributed by atoms with Crippen LogP contribution in [0.25, 0.3) is 0 Å². The number of nitrogens with two attached hydrogens (primary N) is 2. The van der Waals surface area contributed by atoms with Gasteiger partial charge in [-0.15, -0.1) is 12.4 Å². The summed E-state index contributed by atoms with van der Waals surface area (Å²) in [5.41, 5.74) is 11.3. The molecule has 7 nitrogen and oxygen atoms in total. The summed E-state index contributed by atoms with van der Waals surface area (Å²) in [6.45, 7) is 5.15. The van der Waals surface area contributed by atoms with Gasteiger partial charge in [-0.1, -0.05) is 0 Å². The van der Waals surface area contributed by atoms with Gasteiger partial charge in [-0.25, -0.2) is 4.79 Å². The van der Waals surface area contributed by atoms with E-state index in [2.05, 4.69) is 10.3 Å². The molecule has 1 aromatic rings. The number of guanidine groups is 1. The number of carbonyl (C=O) groups excluding carboxylic acids is 2. The van der Waals surface area contributed by atoms with Crippen LogP contribution in [0.4, 0.5) is 10.5 Å². The molecule has 0 heterocycles. The Morgan fingerprint density at radius 1 is 1.14 bits per heavy atom. The second-order valence-corrected chi connectivity index (χ2v) is 4.02. The number of aliphatic imine (C=N–C) groups is 1. The Morgan fingerprint density at radius 3 is 2.10 bits per heavy atom. The van der Waals surface area contributed by atoms with Crippen molar-refractivity contribution in [2.45, 2.75) is 13.8 Å². The van der Waals surface area contributed by atoms with E-state index in [4.69, 9.17) is 11.5 Å². The van der Waals surface area contributed by atoms with Gasteiger partial charge in [0.25, 0.3) is 5.91 Å². The van der Waals surface area contributed by atoms with E-state index in [1.165, 1.54) is 0 Å². The number of hydrogen-bond donors (Lipinski definition) is 3. The van der Waals surface area contributed by atoms with Gasteiger partial charge in [-0.2, -0.15) is 4.99 Å². The van der Waals surface area contributed by atoms with E-state index in [1.807, 2.05) is 13.8 Å². The van der Waals surface area contributed by atoms with Gasteiger partial charge in [0.1, 0.15) is 0 Å². The minimum atomic E-state index is -0.659. The fraction of sp³-hybridized carbons (Fsp3) is 0.308. The van der Waals surface area contributed by atoms with Crippen LogP contribution >= 0.6 is 12.4 Å². The maximum absolute atomic E-state index is 12.1.